The van der Waals surface area contributed by atoms with Gasteiger partial charge in [-0.3, -0.25) is 28.9 Å². The molecule has 2 saturated heterocycles. The molecule has 4 N–H and O–H groups in total. The molecule has 0 aromatic rings. The maximum atomic E-state index is 15.5. The number of hydrogen-bond donors (Lipinski definition) is 4. The van der Waals surface area contributed by atoms with Crippen molar-refractivity contribution in [3.05, 3.63) is 0 Å². The fraction of sp³-hybridized carbons (Fsp3) is 0.889. The molecule has 0 bridgehead atoms. The molecular formula is C45H77N7O7S. The molecule has 60 heavy (non-hydrogen) atoms. The fourth-order valence-corrected chi connectivity index (χ4v) is 12.5. The van der Waals surface area contributed by atoms with Crippen LogP contribution in [0.15, 0.2) is 0 Å². The quantitative estimate of drug-likeness (QED) is 0.184. The van der Waals surface area contributed by atoms with Crippen LogP contribution in [0.25, 0.3) is 0 Å². The highest BCUT2D eigenvalue weighted by molar-refractivity contribution is 7.87. The minimum absolute atomic E-state index is 0.00167. The predicted molar refractivity (Wildman–Crippen MR) is 231 cm³/mol. The molecule has 340 valence electrons. The number of rotatable bonds is 15. The number of fused-ring (bicyclic) bond motifs is 1. The van der Waals surface area contributed by atoms with Crippen LogP contribution in [0.1, 0.15) is 182 Å². The van der Waals surface area contributed by atoms with E-state index in [1.165, 1.54) is 9.62 Å². The van der Waals surface area contributed by atoms with Gasteiger partial charge in [0.1, 0.15) is 23.7 Å². The van der Waals surface area contributed by atoms with Crippen molar-refractivity contribution in [2.24, 2.45) is 33.5 Å². The third kappa shape index (κ3) is 8.03. The number of carbonyl (C=O) groups excluding carboxylic acids is 5. The first kappa shape index (κ1) is 28.8. The predicted octanol–water partition coefficient (Wildman–Crippen LogP) is 4.63. The Hall–Kier alpha value is -2.78. The van der Waals surface area contributed by atoms with E-state index < -0.39 is 148 Å². The van der Waals surface area contributed by atoms with Gasteiger partial charge in [-0.2, -0.15) is 12.7 Å². The average Bonchev–Trinajstić information content (AvgIpc) is 3.99. The number of nitrogens with zero attached hydrogens (tertiary/aromatic N) is 3. The number of piperidine rings is 1. The van der Waals surface area contributed by atoms with Crippen molar-refractivity contribution in [3.8, 4) is 0 Å². The lowest BCUT2D eigenvalue weighted by atomic mass is 9.73. The summed E-state index contributed by atoms with van der Waals surface area (Å²) in [6.45, 7) is -12.6. The van der Waals surface area contributed by atoms with Crippen LogP contribution in [-0.4, -0.2) is 114 Å². The highest BCUT2D eigenvalue weighted by Crippen LogP contribution is 2.88. The van der Waals surface area contributed by atoms with E-state index in [1.807, 2.05) is 13.8 Å². The van der Waals surface area contributed by atoms with Crippen LogP contribution in [-0.2, 0) is 34.2 Å². The van der Waals surface area contributed by atoms with E-state index in [0.29, 0.717) is 38.5 Å². The zero-order chi connectivity index (χ0) is 58.7. The van der Waals surface area contributed by atoms with E-state index >= 15 is 9.59 Å². The van der Waals surface area contributed by atoms with Gasteiger partial charge in [-0.05, 0) is 99.7 Å². The number of carbonyl (C=O) groups is 5. The van der Waals surface area contributed by atoms with E-state index in [0.717, 1.165) is 30.6 Å². The molecule has 0 radical (unpaired) electrons. The zero-order valence-corrected chi connectivity index (χ0v) is 36.7. The van der Waals surface area contributed by atoms with Gasteiger partial charge in [-0.1, -0.05) is 93.8 Å². The number of hydrogen-bond acceptors (Lipinski definition) is 8. The van der Waals surface area contributed by atoms with E-state index in [-0.39, 0.29) is 44.2 Å². The van der Waals surface area contributed by atoms with Crippen molar-refractivity contribution in [3.63, 3.8) is 0 Å². The van der Waals surface area contributed by atoms with Crippen molar-refractivity contribution < 1.29 is 55.7 Å². The van der Waals surface area contributed by atoms with Crippen molar-refractivity contribution in [1.29, 1.82) is 0 Å². The Morgan fingerprint density at radius 3 is 2.10 bits per heavy atom. The second-order valence-electron chi connectivity index (χ2n) is 19.8. The van der Waals surface area contributed by atoms with Gasteiger partial charge >= 0.3 is 10.2 Å². The molecule has 4 saturated carbocycles. The Labute approximate surface area is 384 Å². The summed E-state index contributed by atoms with van der Waals surface area (Å²) in [6, 6.07) is -8.66. The number of nitrogens with one attached hydrogen (secondary N) is 4. The smallest absolute Gasteiger partial charge is 0.303 e. The van der Waals surface area contributed by atoms with Gasteiger partial charge in [0.15, 0.2) is 0 Å². The third-order valence-corrected chi connectivity index (χ3v) is 16.7. The molecule has 7 atom stereocenters. The number of likely N-dealkylation sites (tertiary alicyclic amines) is 2. The van der Waals surface area contributed by atoms with Gasteiger partial charge < -0.3 is 20.9 Å². The highest BCUT2D eigenvalue weighted by Gasteiger charge is 2.85. The van der Waals surface area contributed by atoms with E-state index in [4.69, 9.17) is 23.3 Å². The Morgan fingerprint density at radius 2 is 1.55 bits per heavy atom. The summed E-state index contributed by atoms with van der Waals surface area (Å²) in [7, 11) is -6.06. The van der Waals surface area contributed by atoms with Gasteiger partial charge in [0.05, 0.1) is 6.04 Å². The molecular weight excluding hydrogens is 783 g/mol. The van der Waals surface area contributed by atoms with E-state index in [2.05, 4.69) is 16.0 Å². The molecule has 6 rings (SSSR count). The summed E-state index contributed by atoms with van der Waals surface area (Å²) in [5.41, 5.74) is -4.60. The Kier molecular flexibility index (Phi) is 8.20. The van der Waals surface area contributed by atoms with Crippen LogP contribution in [0.4, 0.5) is 0 Å². The topological polar surface area (TPSA) is 177 Å². The van der Waals surface area contributed by atoms with Crippen LogP contribution in [0.5, 0.6) is 0 Å². The van der Waals surface area contributed by atoms with Crippen molar-refractivity contribution in [1.82, 2.24) is 34.8 Å². The monoisotopic (exact) mass is 877 g/mol. The molecule has 0 aromatic carbocycles. The molecule has 2 heterocycles. The Balaban J connectivity index is 1.33. The summed E-state index contributed by atoms with van der Waals surface area (Å²) in [4.78, 5) is 76.6. The average molecular weight is 877 g/mol. The van der Waals surface area contributed by atoms with Crippen molar-refractivity contribution >= 4 is 39.7 Å². The van der Waals surface area contributed by atoms with Crippen molar-refractivity contribution in [2.45, 2.75) is 195 Å². The summed E-state index contributed by atoms with van der Waals surface area (Å²) in [6.07, 6.45) is 6.32. The van der Waals surface area contributed by atoms with Gasteiger partial charge in [0.2, 0.25) is 23.6 Å². The molecule has 0 unspecified atom stereocenters. The first-order valence-electron chi connectivity index (χ1n) is 30.1. The summed E-state index contributed by atoms with van der Waals surface area (Å²) >= 11 is 0. The normalized spacial score (nSPS) is 36.8. The molecule has 4 aliphatic carbocycles. The first-order chi connectivity index (χ1) is 34.7. The van der Waals surface area contributed by atoms with Crippen LogP contribution >= 0.6 is 0 Å². The molecule has 2 aliphatic heterocycles. The third-order valence-electron chi connectivity index (χ3n) is 15.6. The molecule has 14 nitrogen and oxygen atoms in total. The largest absolute Gasteiger partial charge is 0.343 e. The second-order valence-corrected chi connectivity index (χ2v) is 21.3. The molecule has 2 spiro atoms. The molecule has 6 aliphatic rings. The lowest BCUT2D eigenvalue weighted by molar-refractivity contribution is -0.145. The SMILES string of the molecule is [2H]C([2H])([2H])C([2H])([2H])N(C([2H])([2H])C([2H])([2H])[2H])S(=O)(=O)NC(=O)[C@@]1(NC(=O)[C@@H]2C[C@@]3(CN2C(=O)[C@@H](NC(=O)[C@@H](NC(=O)[C@@H]2CCCCN2C([2H])(C([2H])([2H])[2H])C([2H])([2H])[2H])C2CCCCC2)C(C)(C)C)C(C)(C)C32CCC2)C[C@H]1CC. The van der Waals surface area contributed by atoms with Gasteiger partial charge in [0.25, 0.3) is 5.91 Å². The van der Waals surface area contributed by atoms with E-state index in [9.17, 15) is 22.8 Å². The lowest BCUT2D eigenvalue weighted by Crippen LogP contribution is -2.63. The van der Waals surface area contributed by atoms with Crippen LogP contribution in [0, 0.1) is 33.5 Å². The molecule has 0 aromatic heterocycles. The summed E-state index contributed by atoms with van der Waals surface area (Å²) in [5, 5.41) is 8.36. The maximum Gasteiger partial charge on any atom is 0.303 e. The maximum absolute atomic E-state index is 15.5. The highest BCUT2D eigenvalue weighted by atomic mass is 32.2. The van der Waals surface area contributed by atoms with Crippen molar-refractivity contribution in [2.75, 3.05) is 26.1 Å². The fourth-order valence-electron chi connectivity index (χ4n) is 11.7. The summed E-state index contributed by atoms with van der Waals surface area (Å²) < 4.78 is 165. The first-order valence-corrected chi connectivity index (χ1v) is 23.0. The second kappa shape index (κ2) is 17.1. The minimum atomic E-state index is -6.06. The standard InChI is InChI=1S/C45H77N7O7S/c1-11-31-26-45(31,40(57)49-60(58,59)50(12-2)13-3)48-37(54)33-27-44(42(9,10)43(44)23-19-24-43)28-52(33)39(56)35(41(6,7)8)47-38(55)34(30-20-15-14-16-21-30)46-36(53)32-22-17-18-25-51(32)29(4)5/h29-35H,11-28H2,1-10H3,(H,46,53)(H,47,55)(H,48,54)(H,49,57)/t31-,32+,33+,34+,35-,44-,45-/m1/s1/i2D3,3D3,4D3,5D3,12D2,13D2,29D. The van der Waals surface area contributed by atoms with Crippen LogP contribution < -0.4 is 20.7 Å². The van der Waals surface area contributed by atoms with E-state index in [1.54, 1.807) is 27.7 Å². The zero-order valence-electron chi connectivity index (χ0n) is 52.9. The van der Waals surface area contributed by atoms with Crippen LogP contribution in [0.3, 0.4) is 0 Å². The Morgan fingerprint density at radius 1 is 0.883 bits per heavy atom. The number of amides is 5. The van der Waals surface area contributed by atoms with Gasteiger partial charge in [-0.25, -0.2) is 4.72 Å². The van der Waals surface area contributed by atoms with Gasteiger partial charge in [0, 0.05) is 54.3 Å². The summed E-state index contributed by atoms with van der Waals surface area (Å²) in [5.74, 6) is -6.08. The molecule has 6 fully saturated rings. The molecule has 15 heteroatoms. The molecule has 5 amide bonds. The van der Waals surface area contributed by atoms with Gasteiger partial charge in [-0.15, -0.1) is 0 Å². The minimum Gasteiger partial charge on any atom is -0.343 e. The van der Waals surface area contributed by atoms with Crippen LogP contribution in [0.2, 0.25) is 0 Å². The lowest BCUT2D eigenvalue weighted by Gasteiger charge is -2.40. The Bertz CT molecular complexity index is 2380.